The zero-order chi connectivity index (χ0) is 42.1. The second-order valence-corrected chi connectivity index (χ2v) is 15.4. The lowest BCUT2D eigenvalue weighted by molar-refractivity contribution is -0.161. The van der Waals surface area contributed by atoms with Crippen LogP contribution in [0.1, 0.15) is 206 Å². The summed E-state index contributed by atoms with van der Waals surface area (Å²) in [4.78, 5) is 24.4. The molecule has 1 N–H and O–H groups in total. The van der Waals surface area contributed by atoms with Crippen LogP contribution in [0.5, 0.6) is 0 Å². The molecule has 0 heterocycles. The van der Waals surface area contributed by atoms with Crippen molar-refractivity contribution >= 4 is 11.9 Å². The zero-order valence-electron chi connectivity index (χ0n) is 37.5. The molecule has 0 radical (unpaired) electrons. The Bertz CT molecular complexity index is 1140. The molecule has 58 heavy (non-hydrogen) atoms. The van der Waals surface area contributed by atoms with Crippen LogP contribution in [0.15, 0.2) is 97.2 Å². The molecule has 0 saturated carbocycles. The number of hydrogen-bond acceptors (Lipinski definition) is 5. The predicted molar refractivity (Wildman–Crippen MR) is 251 cm³/mol. The lowest BCUT2D eigenvalue weighted by Gasteiger charge is -2.15. The van der Waals surface area contributed by atoms with Crippen LogP contribution in [0.2, 0.25) is 0 Å². The Balaban J connectivity index is 3.63. The number of unbranched alkanes of at least 4 members (excludes halogenated alkanes) is 18. The molecule has 1 atom stereocenters. The number of aliphatic hydroxyl groups is 1. The van der Waals surface area contributed by atoms with Crippen molar-refractivity contribution in [1.29, 1.82) is 0 Å². The number of esters is 2. The molecular weight excluding hydrogens is 717 g/mol. The second kappa shape index (κ2) is 48.2. The van der Waals surface area contributed by atoms with Gasteiger partial charge in [-0.05, 0) is 96.3 Å². The molecule has 5 nitrogen and oxygen atoms in total. The van der Waals surface area contributed by atoms with Crippen LogP contribution in [0, 0.1) is 0 Å². The van der Waals surface area contributed by atoms with Crippen molar-refractivity contribution in [2.24, 2.45) is 0 Å². The van der Waals surface area contributed by atoms with E-state index in [9.17, 15) is 14.7 Å². The molecule has 0 aromatic carbocycles. The van der Waals surface area contributed by atoms with E-state index in [1.807, 2.05) is 0 Å². The molecule has 0 aromatic heterocycles. The van der Waals surface area contributed by atoms with E-state index in [0.717, 1.165) is 96.3 Å². The average Bonchev–Trinajstić information content (AvgIpc) is 3.23. The van der Waals surface area contributed by atoms with Crippen LogP contribution >= 0.6 is 0 Å². The number of allylic oxidation sites excluding steroid dienone is 16. The molecule has 0 fully saturated rings. The average molecular weight is 805 g/mol. The molecule has 0 rings (SSSR count). The summed E-state index contributed by atoms with van der Waals surface area (Å²) >= 11 is 0. The fraction of sp³-hybridized carbons (Fsp3) is 0.660. The van der Waals surface area contributed by atoms with Gasteiger partial charge in [-0.1, -0.05) is 195 Å². The van der Waals surface area contributed by atoms with E-state index >= 15 is 0 Å². The quantitative estimate of drug-likeness (QED) is 0.0378. The van der Waals surface area contributed by atoms with Crippen LogP contribution in [0.3, 0.4) is 0 Å². The first-order valence-electron chi connectivity index (χ1n) is 23.8. The van der Waals surface area contributed by atoms with E-state index in [1.165, 1.54) is 83.5 Å². The highest BCUT2D eigenvalue weighted by Crippen LogP contribution is 2.13. The van der Waals surface area contributed by atoms with E-state index < -0.39 is 6.10 Å². The van der Waals surface area contributed by atoms with Crippen LogP contribution in [-0.2, 0) is 19.1 Å². The molecule has 0 aliphatic heterocycles. The van der Waals surface area contributed by atoms with Crippen LogP contribution < -0.4 is 0 Å². The highest BCUT2D eigenvalue weighted by molar-refractivity contribution is 5.70. The first-order valence-corrected chi connectivity index (χ1v) is 23.8. The first-order chi connectivity index (χ1) is 28.6. The van der Waals surface area contributed by atoms with Crippen LogP contribution in [0.4, 0.5) is 0 Å². The van der Waals surface area contributed by atoms with Gasteiger partial charge in [-0.2, -0.15) is 0 Å². The van der Waals surface area contributed by atoms with Crippen LogP contribution in [-0.4, -0.2) is 36.4 Å². The Morgan fingerprint density at radius 3 is 1.12 bits per heavy atom. The lowest BCUT2D eigenvalue weighted by atomic mass is 10.1. The summed E-state index contributed by atoms with van der Waals surface area (Å²) in [5.74, 6) is -0.629. The molecule has 0 aliphatic carbocycles. The van der Waals surface area contributed by atoms with Crippen molar-refractivity contribution in [2.75, 3.05) is 13.2 Å². The van der Waals surface area contributed by atoms with Crippen molar-refractivity contribution in [3.63, 3.8) is 0 Å². The lowest BCUT2D eigenvalue weighted by Crippen LogP contribution is -2.28. The maximum atomic E-state index is 12.2. The van der Waals surface area contributed by atoms with Gasteiger partial charge < -0.3 is 14.6 Å². The fourth-order valence-electron chi connectivity index (χ4n) is 6.29. The minimum Gasteiger partial charge on any atom is -0.462 e. The van der Waals surface area contributed by atoms with E-state index in [2.05, 4.69) is 111 Å². The third-order valence-corrected chi connectivity index (χ3v) is 9.86. The minimum atomic E-state index is -0.794. The topological polar surface area (TPSA) is 72.8 Å². The summed E-state index contributed by atoms with van der Waals surface area (Å²) in [5, 5.41) is 9.61. The number of rotatable bonds is 42. The Morgan fingerprint density at radius 2 is 0.741 bits per heavy atom. The minimum absolute atomic E-state index is 0.0842. The van der Waals surface area contributed by atoms with Crippen molar-refractivity contribution in [2.45, 2.75) is 213 Å². The summed E-state index contributed by atoms with van der Waals surface area (Å²) in [5.41, 5.74) is 0. The van der Waals surface area contributed by atoms with Gasteiger partial charge in [0.2, 0.25) is 0 Å². The molecule has 0 amide bonds. The van der Waals surface area contributed by atoms with Gasteiger partial charge in [-0.15, -0.1) is 0 Å². The van der Waals surface area contributed by atoms with Crippen molar-refractivity contribution in [3.8, 4) is 0 Å². The molecule has 0 bridgehead atoms. The van der Waals surface area contributed by atoms with Gasteiger partial charge in [-0.25, -0.2) is 0 Å². The van der Waals surface area contributed by atoms with E-state index in [-0.39, 0.29) is 25.2 Å². The van der Waals surface area contributed by atoms with Gasteiger partial charge >= 0.3 is 11.9 Å². The number of hydrogen-bond donors (Lipinski definition) is 1. The summed E-state index contributed by atoms with van der Waals surface area (Å²) in [6.07, 6.45) is 67.7. The van der Waals surface area contributed by atoms with E-state index in [4.69, 9.17) is 9.47 Å². The van der Waals surface area contributed by atoms with Crippen molar-refractivity contribution < 1.29 is 24.2 Å². The zero-order valence-corrected chi connectivity index (χ0v) is 37.5. The van der Waals surface area contributed by atoms with Gasteiger partial charge in [-0.3, -0.25) is 9.59 Å². The summed E-state index contributed by atoms with van der Waals surface area (Å²) in [6.45, 7) is 3.99. The molecule has 0 spiro atoms. The molecule has 0 saturated heterocycles. The third kappa shape index (κ3) is 45.5. The van der Waals surface area contributed by atoms with Gasteiger partial charge in [0.05, 0.1) is 6.61 Å². The SMILES string of the molecule is CC/C=C\C/C=C\C/C=C\C/C=C\C/C=C\C/C=C\CCCCCCC(=O)OC(CO)COC(=O)CCCCCCCCCCC/C=C\C/C=C\CCCCCCC. The second-order valence-electron chi connectivity index (χ2n) is 15.4. The molecule has 5 heteroatoms. The van der Waals surface area contributed by atoms with Gasteiger partial charge in [0.1, 0.15) is 6.61 Å². The highest BCUT2D eigenvalue weighted by Gasteiger charge is 2.16. The van der Waals surface area contributed by atoms with E-state index in [0.29, 0.717) is 12.8 Å². The van der Waals surface area contributed by atoms with Crippen LogP contribution in [0.25, 0.3) is 0 Å². The molecular formula is C53H88O5. The molecule has 0 aliphatic rings. The van der Waals surface area contributed by atoms with E-state index in [1.54, 1.807) is 0 Å². The van der Waals surface area contributed by atoms with Gasteiger partial charge in [0.15, 0.2) is 6.10 Å². The first kappa shape index (κ1) is 54.8. The summed E-state index contributed by atoms with van der Waals surface area (Å²) in [7, 11) is 0. The maximum Gasteiger partial charge on any atom is 0.306 e. The molecule has 330 valence electrons. The molecule has 1 unspecified atom stereocenters. The fourth-order valence-corrected chi connectivity index (χ4v) is 6.29. The Hall–Kier alpha value is -3.18. The van der Waals surface area contributed by atoms with Crippen molar-refractivity contribution in [1.82, 2.24) is 0 Å². The smallest absolute Gasteiger partial charge is 0.306 e. The number of carbonyl (C=O) groups excluding carboxylic acids is 2. The highest BCUT2D eigenvalue weighted by atomic mass is 16.6. The largest absolute Gasteiger partial charge is 0.462 e. The molecule has 0 aromatic rings. The third-order valence-electron chi connectivity index (χ3n) is 9.86. The Labute approximate surface area is 358 Å². The Morgan fingerprint density at radius 1 is 0.414 bits per heavy atom. The number of ether oxygens (including phenoxy) is 2. The van der Waals surface area contributed by atoms with Crippen molar-refractivity contribution in [3.05, 3.63) is 97.2 Å². The number of aliphatic hydroxyl groups excluding tert-OH is 1. The van der Waals surface area contributed by atoms with Gasteiger partial charge in [0, 0.05) is 12.8 Å². The summed E-state index contributed by atoms with van der Waals surface area (Å²) in [6, 6.07) is 0. The maximum absolute atomic E-state index is 12.2. The van der Waals surface area contributed by atoms with Gasteiger partial charge in [0.25, 0.3) is 0 Å². The predicted octanol–water partition coefficient (Wildman–Crippen LogP) is 15.6. The normalized spacial score (nSPS) is 13.1. The monoisotopic (exact) mass is 805 g/mol. The summed E-state index contributed by atoms with van der Waals surface area (Å²) < 4.78 is 10.6. The number of carbonyl (C=O) groups is 2. The standard InChI is InChI=1S/C53H88O5/c1-3-5-7-9-11-13-15-17-19-21-23-25-26-28-30-32-34-36-38-40-42-44-46-48-53(56)58-51(49-54)50-57-52(55)47-45-43-41-39-37-35-33-31-29-27-24-22-20-18-16-14-12-10-8-6-4-2/h5,7,11,13,16-19,22-25,28,30,34,36,51,54H,3-4,6,8-10,12,14-15,20-21,26-27,29,31-33,35,37-50H2,1-2H3/b7-5-,13-11-,18-16-,19-17-,24-22-,25-23-,30-28-,36-34-. The Kier molecular flexibility index (Phi) is 45.5.